The largest absolute Gasteiger partial charge is 0.481 e. The summed E-state index contributed by atoms with van der Waals surface area (Å²) in [5.41, 5.74) is 0. The Bertz CT molecular complexity index is 592. The monoisotopic (exact) mass is 456 g/mol. The summed E-state index contributed by atoms with van der Waals surface area (Å²) in [5.74, 6) is 4.77. The topological polar surface area (TPSA) is 63.6 Å². The number of rotatable bonds is 11. The molecule has 0 aliphatic heterocycles. The Balaban J connectivity index is 4.66. The van der Waals surface area contributed by atoms with Crippen LogP contribution in [0, 0.1) is 11.8 Å². The zero-order chi connectivity index (χ0) is 20.9. The third kappa shape index (κ3) is 12.8. The van der Waals surface area contributed by atoms with Gasteiger partial charge in [-0.25, -0.2) is 0 Å². The molecule has 1 atom stereocenters. The van der Waals surface area contributed by atoms with Gasteiger partial charge in [-0.1, -0.05) is 67.3 Å². The number of carbonyl (C=O) groups is 2. The zero-order valence-electron chi connectivity index (χ0n) is 17.2. The molecule has 0 aliphatic rings. The Hall–Kier alpha value is -1.16. The van der Waals surface area contributed by atoms with Crippen LogP contribution in [0.2, 0.25) is 18.1 Å². The average Bonchev–Trinajstić information content (AvgIpc) is 2.52. The van der Waals surface area contributed by atoms with Gasteiger partial charge in [0.15, 0.2) is 8.32 Å². The van der Waals surface area contributed by atoms with Gasteiger partial charge in [-0.05, 0) is 41.9 Å². The molecule has 0 amide bonds. The van der Waals surface area contributed by atoms with Gasteiger partial charge in [0.25, 0.3) is 0 Å². The molecule has 0 rings (SSSR count). The molecule has 0 saturated heterocycles. The molecule has 0 unspecified atom stereocenters. The van der Waals surface area contributed by atoms with Crippen molar-refractivity contribution in [1.29, 1.82) is 0 Å². The van der Waals surface area contributed by atoms with Crippen molar-refractivity contribution in [2.24, 2.45) is 0 Å². The third-order valence-electron chi connectivity index (χ3n) is 4.59. The molecule has 0 saturated carbocycles. The lowest BCUT2D eigenvalue weighted by molar-refractivity contribution is -0.137. The predicted molar refractivity (Wildman–Crippen MR) is 117 cm³/mol. The molecule has 0 spiro atoms. The van der Waals surface area contributed by atoms with E-state index in [9.17, 15) is 9.59 Å². The first-order chi connectivity index (χ1) is 12.5. The number of carbonyl (C=O) groups excluding carboxylic acids is 1. The smallest absolute Gasteiger partial charge is 0.303 e. The molecule has 27 heavy (non-hydrogen) atoms. The first-order valence-corrected chi connectivity index (χ1v) is 13.2. The molecule has 0 aromatic carbocycles. The second kappa shape index (κ2) is 13.1. The van der Waals surface area contributed by atoms with Gasteiger partial charge in [0.2, 0.25) is 5.78 Å². The van der Waals surface area contributed by atoms with Crippen LogP contribution < -0.4 is 0 Å². The van der Waals surface area contributed by atoms with E-state index in [0.29, 0.717) is 25.7 Å². The number of halogens is 1. The average molecular weight is 457 g/mol. The van der Waals surface area contributed by atoms with E-state index >= 15 is 0 Å². The molecule has 0 aromatic heterocycles. The number of unbranched alkanes of at least 4 members (excludes halogenated alkanes) is 2. The molecule has 0 fully saturated rings. The molecule has 0 bridgehead atoms. The fraction of sp³-hybridized carbons (Fsp3) is 0.619. The molecule has 0 heterocycles. The van der Waals surface area contributed by atoms with Gasteiger partial charge in [-0.3, -0.25) is 9.59 Å². The third-order valence-corrected chi connectivity index (χ3v) is 9.40. The van der Waals surface area contributed by atoms with Crippen molar-refractivity contribution < 1.29 is 19.1 Å². The maximum absolute atomic E-state index is 11.9. The lowest BCUT2D eigenvalue weighted by atomic mass is 10.1. The summed E-state index contributed by atoms with van der Waals surface area (Å²) in [7, 11) is -1.93. The van der Waals surface area contributed by atoms with Gasteiger partial charge < -0.3 is 9.53 Å². The Morgan fingerprint density at radius 1 is 1.15 bits per heavy atom. The van der Waals surface area contributed by atoms with E-state index in [4.69, 9.17) is 9.53 Å². The standard InChI is InChI=1S/C21H33BrO4Si/c1-21(2,3)27(4,5)26-19(14-9-10-17-22)15-11-13-18(23)12-7-6-8-16-20(24)25/h9-10,14,17,19H,6-8,12,15-16H2,1-5H3,(H,24,25)/b14-9+,17-10+/t19-/m0/s1. The van der Waals surface area contributed by atoms with Crippen molar-refractivity contribution in [3.63, 3.8) is 0 Å². The first-order valence-electron chi connectivity index (χ1n) is 9.34. The molecule has 4 nitrogen and oxygen atoms in total. The summed E-state index contributed by atoms with van der Waals surface area (Å²) in [6.45, 7) is 11.0. The fourth-order valence-corrected chi connectivity index (χ4v) is 3.43. The quantitative estimate of drug-likeness (QED) is 0.139. The number of carboxylic acid groups (broad SMARTS) is 1. The van der Waals surface area contributed by atoms with Gasteiger partial charge in [-0.15, -0.1) is 0 Å². The summed E-state index contributed by atoms with van der Waals surface area (Å²) in [6.07, 6.45) is 8.64. The van der Waals surface area contributed by atoms with E-state index < -0.39 is 14.3 Å². The summed E-state index contributed by atoms with van der Waals surface area (Å²) in [5, 5.41) is 8.69. The second-order valence-electron chi connectivity index (χ2n) is 8.00. The van der Waals surface area contributed by atoms with Gasteiger partial charge in [0.05, 0.1) is 6.10 Å². The van der Waals surface area contributed by atoms with Crippen LogP contribution in [0.25, 0.3) is 0 Å². The molecule has 152 valence electrons. The minimum atomic E-state index is -1.93. The van der Waals surface area contributed by atoms with Crippen molar-refractivity contribution >= 4 is 36.0 Å². The highest BCUT2D eigenvalue weighted by atomic mass is 79.9. The predicted octanol–water partition coefficient (Wildman–Crippen LogP) is 5.84. The summed E-state index contributed by atoms with van der Waals surface area (Å²) in [6, 6.07) is 0. The van der Waals surface area contributed by atoms with Gasteiger partial charge in [0.1, 0.15) is 0 Å². The van der Waals surface area contributed by atoms with E-state index in [1.54, 1.807) is 4.99 Å². The van der Waals surface area contributed by atoms with Crippen molar-refractivity contribution in [2.75, 3.05) is 0 Å². The fourth-order valence-electron chi connectivity index (χ4n) is 1.99. The lowest BCUT2D eigenvalue weighted by Crippen LogP contribution is -2.43. The second-order valence-corrected chi connectivity index (χ2v) is 13.3. The molecule has 6 heteroatoms. The number of carboxylic acids is 1. The van der Waals surface area contributed by atoms with Gasteiger partial charge in [0, 0.05) is 19.3 Å². The highest BCUT2D eigenvalue weighted by Crippen LogP contribution is 2.37. The van der Waals surface area contributed by atoms with Gasteiger partial charge in [-0.2, -0.15) is 0 Å². The van der Waals surface area contributed by atoms with E-state index in [-0.39, 0.29) is 23.3 Å². The number of aliphatic carboxylic acids is 1. The van der Waals surface area contributed by atoms with Crippen molar-refractivity contribution in [1.82, 2.24) is 0 Å². The molecule has 0 radical (unpaired) electrons. The molecular weight excluding hydrogens is 424 g/mol. The van der Waals surface area contributed by atoms with Gasteiger partial charge >= 0.3 is 5.97 Å². The highest BCUT2D eigenvalue weighted by Gasteiger charge is 2.38. The zero-order valence-corrected chi connectivity index (χ0v) is 19.8. The maximum Gasteiger partial charge on any atom is 0.303 e. The van der Waals surface area contributed by atoms with Crippen molar-refractivity contribution in [3.8, 4) is 11.8 Å². The number of hydrogen-bond donors (Lipinski definition) is 1. The maximum atomic E-state index is 11.9. The summed E-state index contributed by atoms with van der Waals surface area (Å²) < 4.78 is 6.40. The summed E-state index contributed by atoms with van der Waals surface area (Å²) in [4.78, 5) is 24.1. The van der Waals surface area contributed by atoms with Crippen molar-refractivity contribution in [2.45, 2.75) is 83.5 Å². The van der Waals surface area contributed by atoms with Crippen LogP contribution in [0.1, 0.15) is 59.3 Å². The summed E-state index contributed by atoms with van der Waals surface area (Å²) >= 11 is 3.24. The van der Waals surface area contributed by atoms with Crippen LogP contribution >= 0.6 is 15.9 Å². The molecular formula is C21H33BrO4Si. The van der Waals surface area contributed by atoms with E-state index in [2.05, 4.69) is 61.6 Å². The molecule has 0 aromatic rings. The highest BCUT2D eigenvalue weighted by molar-refractivity contribution is 9.11. The number of Topliss-reactive ketones (excluding diaryl/α,β-unsaturated/α-hetero) is 1. The molecule has 1 N–H and O–H groups in total. The Morgan fingerprint density at radius 2 is 1.78 bits per heavy atom. The van der Waals surface area contributed by atoms with Crippen LogP contribution in [0.4, 0.5) is 0 Å². The van der Waals surface area contributed by atoms with E-state index in [0.717, 1.165) is 6.42 Å². The minimum Gasteiger partial charge on any atom is -0.481 e. The van der Waals surface area contributed by atoms with Crippen LogP contribution in [0.15, 0.2) is 23.2 Å². The van der Waals surface area contributed by atoms with E-state index in [1.807, 2.05) is 18.2 Å². The van der Waals surface area contributed by atoms with E-state index in [1.165, 1.54) is 0 Å². The Labute approximate surface area is 173 Å². The minimum absolute atomic E-state index is 0.0965. The lowest BCUT2D eigenvalue weighted by Gasteiger charge is -2.38. The van der Waals surface area contributed by atoms with Crippen molar-refractivity contribution in [3.05, 3.63) is 23.2 Å². The van der Waals surface area contributed by atoms with Crippen LogP contribution in [-0.2, 0) is 14.0 Å². The SMILES string of the molecule is CC(C)(C)[Si](C)(C)O[C@@H](/C=C/C=C/Br)CC#CC(=O)CCCCCC(=O)O. The number of hydrogen-bond acceptors (Lipinski definition) is 3. The van der Waals surface area contributed by atoms with Crippen LogP contribution in [0.3, 0.4) is 0 Å². The van der Waals surface area contributed by atoms with Crippen LogP contribution in [-0.4, -0.2) is 31.3 Å². The first kappa shape index (κ1) is 25.8. The molecule has 0 aliphatic carbocycles. The Kier molecular flexibility index (Phi) is 12.5. The van der Waals surface area contributed by atoms with Crippen LogP contribution in [0.5, 0.6) is 0 Å². The Morgan fingerprint density at radius 3 is 2.33 bits per heavy atom. The number of ketones is 1. The number of allylic oxidation sites excluding steroid dienone is 2. The normalized spacial score (nSPS) is 13.6.